The minimum absolute atomic E-state index is 0.0664. The summed E-state index contributed by atoms with van der Waals surface area (Å²) in [7, 11) is 0. The molecule has 0 saturated carbocycles. The van der Waals surface area contributed by atoms with Crippen LogP contribution in [-0.4, -0.2) is 39.2 Å². The lowest BCUT2D eigenvalue weighted by atomic mass is 9.97. The molecule has 6 nitrogen and oxygen atoms in total. The summed E-state index contributed by atoms with van der Waals surface area (Å²) in [6.45, 7) is 2.03. The van der Waals surface area contributed by atoms with Gasteiger partial charge in [0.25, 0.3) is 0 Å². The van der Waals surface area contributed by atoms with Crippen LogP contribution in [0.15, 0.2) is 53.1 Å². The fraction of sp³-hybridized carbons (Fsp3) is 0.350. The van der Waals surface area contributed by atoms with Crippen LogP contribution >= 0.6 is 11.8 Å². The Labute approximate surface area is 167 Å². The minimum Gasteiger partial charge on any atom is -0.351 e. The van der Waals surface area contributed by atoms with E-state index >= 15 is 0 Å². The molecule has 2 N–H and O–H groups in total. The maximum Gasteiger partial charge on any atom is 0.223 e. The summed E-state index contributed by atoms with van der Waals surface area (Å²) in [6, 6.07) is 8.74. The van der Waals surface area contributed by atoms with Crippen LogP contribution in [-0.2, 0) is 0 Å². The Balaban J connectivity index is 1.45. The molecular formula is C20H21FN6S. The molecule has 1 aromatic heterocycles. The number of nitrogens with zero attached hydrogens (tertiary/aromatic N) is 4. The van der Waals surface area contributed by atoms with E-state index in [-0.39, 0.29) is 17.9 Å². The Kier molecular flexibility index (Phi) is 4.74. The molecule has 0 spiro atoms. The van der Waals surface area contributed by atoms with E-state index in [1.165, 1.54) is 12.1 Å². The van der Waals surface area contributed by atoms with E-state index in [1.807, 2.05) is 29.8 Å². The molecule has 2 aromatic rings. The van der Waals surface area contributed by atoms with Gasteiger partial charge in [0, 0.05) is 18.4 Å². The molecule has 8 heteroatoms. The summed E-state index contributed by atoms with van der Waals surface area (Å²) in [4.78, 5) is 16.3. The second-order valence-corrected chi connectivity index (χ2v) is 8.01. The third-order valence-electron chi connectivity index (χ3n) is 5.33. The van der Waals surface area contributed by atoms with Crippen molar-refractivity contribution in [2.24, 2.45) is 4.99 Å². The average Bonchev–Trinajstić information content (AvgIpc) is 3.31. The van der Waals surface area contributed by atoms with Crippen molar-refractivity contribution in [3.05, 3.63) is 65.2 Å². The van der Waals surface area contributed by atoms with Gasteiger partial charge < -0.3 is 15.5 Å². The number of amidine groups is 1. The number of nitrogens with one attached hydrogen (secondary N) is 2. The fourth-order valence-corrected chi connectivity index (χ4v) is 4.69. The molecule has 1 aromatic carbocycles. The van der Waals surface area contributed by atoms with Crippen molar-refractivity contribution in [1.29, 1.82) is 0 Å². The van der Waals surface area contributed by atoms with Crippen molar-refractivity contribution >= 4 is 22.9 Å². The number of fused-ring (bicyclic) bond motifs is 1. The van der Waals surface area contributed by atoms with Crippen LogP contribution in [0.4, 0.5) is 10.3 Å². The first kappa shape index (κ1) is 17.6. The molecule has 3 aliphatic heterocycles. The first-order valence-electron chi connectivity index (χ1n) is 9.53. The molecule has 0 amide bonds. The third kappa shape index (κ3) is 3.38. The van der Waals surface area contributed by atoms with E-state index in [0.29, 0.717) is 12.0 Å². The van der Waals surface area contributed by atoms with E-state index in [9.17, 15) is 4.39 Å². The molecule has 4 heterocycles. The standard InChI is InChI=1S/C20H21FN6S/c21-14-3-1-13(2-4-14)17-18(27-11-12-28-20(27)26-17)16-7-10-23-19(25-16)24-15-5-8-22-9-6-15/h1-4,7,10-12,15,17-18,22H,5-6,8-9H2,(H,23,24,25). The smallest absolute Gasteiger partial charge is 0.223 e. The molecule has 0 radical (unpaired) electrons. The van der Waals surface area contributed by atoms with E-state index in [2.05, 4.69) is 20.5 Å². The van der Waals surface area contributed by atoms with Crippen molar-refractivity contribution < 1.29 is 4.39 Å². The largest absolute Gasteiger partial charge is 0.351 e. The van der Waals surface area contributed by atoms with Gasteiger partial charge in [-0.15, -0.1) is 0 Å². The van der Waals surface area contributed by atoms with Gasteiger partial charge in [0.2, 0.25) is 5.95 Å². The highest BCUT2D eigenvalue weighted by atomic mass is 32.2. The normalized spacial score (nSPS) is 24.3. The fourth-order valence-electron chi connectivity index (χ4n) is 3.91. The number of halogens is 1. The molecule has 0 aliphatic carbocycles. The second-order valence-electron chi connectivity index (χ2n) is 7.14. The molecular weight excluding hydrogens is 375 g/mol. The van der Waals surface area contributed by atoms with Gasteiger partial charge in [-0.1, -0.05) is 23.9 Å². The Hall–Kier alpha value is -2.45. The first-order chi connectivity index (χ1) is 13.8. The van der Waals surface area contributed by atoms with Crippen molar-refractivity contribution in [2.75, 3.05) is 18.4 Å². The van der Waals surface area contributed by atoms with Crippen LogP contribution in [0.5, 0.6) is 0 Å². The number of hydrogen-bond acceptors (Lipinski definition) is 7. The number of hydrogen-bond donors (Lipinski definition) is 2. The zero-order chi connectivity index (χ0) is 18.9. The predicted octanol–water partition coefficient (Wildman–Crippen LogP) is 3.45. The maximum absolute atomic E-state index is 13.4. The van der Waals surface area contributed by atoms with Crippen LogP contribution in [0.25, 0.3) is 0 Å². The van der Waals surface area contributed by atoms with Crippen LogP contribution in [0, 0.1) is 5.82 Å². The van der Waals surface area contributed by atoms with Gasteiger partial charge in [-0.2, -0.15) is 0 Å². The van der Waals surface area contributed by atoms with Crippen molar-refractivity contribution in [1.82, 2.24) is 20.2 Å². The van der Waals surface area contributed by atoms with Gasteiger partial charge in [-0.3, -0.25) is 4.99 Å². The van der Waals surface area contributed by atoms with Gasteiger partial charge >= 0.3 is 0 Å². The van der Waals surface area contributed by atoms with Gasteiger partial charge in [0.05, 0.1) is 5.69 Å². The molecule has 5 rings (SSSR count). The van der Waals surface area contributed by atoms with Crippen LogP contribution in [0.3, 0.4) is 0 Å². The Morgan fingerprint density at radius 3 is 2.79 bits per heavy atom. The summed E-state index contributed by atoms with van der Waals surface area (Å²) < 4.78 is 13.4. The van der Waals surface area contributed by atoms with Crippen LogP contribution in [0.1, 0.15) is 36.2 Å². The van der Waals surface area contributed by atoms with Crippen molar-refractivity contribution in [3.63, 3.8) is 0 Å². The monoisotopic (exact) mass is 396 g/mol. The molecule has 2 unspecified atom stereocenters. The van der Waals surface area contributed by atoms with E-state index in [0.717, 1.165) is 42.4 Å². The van der Waals surface area contributed by atoms with E-state index < -0.39 is 0 Å². The molecule has 144 valence electrons. The van der Waals surface area contributed by atoms with Gasteiger partial charge in [-0.25, -0.2) is 14.4 Å². The SMILES string of the molecule is Fc1ccc(C2N=C3SC=CN3C2c2ccnc(NC3CCNCC3)n2)cc1. The molecule has 1 fully saturated rings. The van der Waals surface area contributed by atoms with Gasteiger partial charge in [0.15, 0.2) is 5.17 Å². The highest BCUT2D eigenvalue weighted by Gasteiger charge is 2.40. The number of anilines is 1. The Morgan fingerprint density at radius 2 is 1.96 bits per heavy atom. The Bertz CT molecular complexity index is 909. The highest BCUT2D eigenvalue weighted by molar-refractivity contribution is 8.16. The lowest BCUT2D eigenvalue weighted by Crippen LogP contribution is -2.35. The third-order valence-corrected chi connectivity index (χ3v) is 6.11. The second kappa shape index (κ2) is 7.52. The van der Waals surface area contributed by atoms with E-state index in [1.54, 1.807) is 18.0 Å². The predicted molar refractivity (Wildman–Crippen MR) is 109 cm³/mol. The summed E-state index contributed by atoms with van der Waals surface area (Å²) in [6.07, 6.45) is 5.97. The lowest BCUT2D eigenvalue weighted by Gasteiger charge is -2.26. The quantitative estimate of drug-likeness (QED) is 0.825. The number of thioether (sulfide) groups is 1. The summed E-state index contributed by atoms with van der Waals surface area (Å²) in [5, 5.41) is 9.83. The maximum atomic E-state index is 13.4. The summed E-state index contributed by atoms with van der Waals surface area (Å²) >= 11 is 1.60. The molecule has 1 saturated heterocycles. The summed E-state index contributed by atoms with van der Waals surface area (Å²) in [5.41, 5.74) is 1.89. The number of benzene rings is 1. The number of aliphatic imine (C=N–C) groups is 1. The van der Waals surface area contributed by atoms with Gasteiger partial charge in [0.1, 0.15) is 17.9 Å². The zero-order valence-electron chi connectivity index (χ0n) is 15.3. The molecule has 28 heavy (non-hydrogen) atoms. The zero-order valence-corrected chi connectivity index (χ0v) is 16.1. The average molecular weight is 396 g/mol. The molecule has 0 bridgehead atoms. The molecule has 3 aliphatic rings. The lowest BCUT2D eigenvalue weighted by molar-refractivity contribution is 0.391. The van der Waals surface area contributed by atoms with Gasteiger partial charge in [-0.05, 0) is 55.1 Å². The highest BCUT2D eigenvalue weighted by Crippen LogP contribution is 2.46. The number of aromatic nitrogens is 2. The van der Waals surface area contributed by atoms with E-state index in [4.69, 9.17) is 9.98 Å². The topological polar surface area (TPSA) is 65.4 Å². The summed E-state index contributed by atoms with van der Waals surface area (Å²) in [5.74, 6) is 0.419. The first-order valence-corrected chi connectivity index (χ1v) is 10.4. The minimum atomic E-state index is -0.240. The number of piperidine rings is 1. The number of rotatable bonds is 4. The molecule has 2 atom stereocenters. The van der Waals surface area contributed by atoms with Crippen molar-refractivity contribution in [2.45, 2.75) is 31.0 Å². The van der Waals surface area contributed by atoms with Crippen LogP contribution < -0.4 is 10.6 Å². The van der Waals surface area contributed by atoms with Crippen LogP contribution in [0.2, 0.25) is 0 Å². The van der Waals surface area contributed by atoms with Crippen molar-refractivity contribution in [3.8, 4) is 0 Å². The Morgan fingerprint density at radius 1 is 1.14 bits per heavy atom.